The number of aryl methyl sites for hydroxylation is 1. The van der Waals surface area contributed by atoms with Crippen LogP contribution in [0.4, 0.5) is 0 Å². The smallest absolute Gasteiger partial charge is 0.240 e. The van der Waals surface area contributed by atoms with Crippen LogP contribution in [-0.4, -0.2) is 66.5 Å². The molecule has 7 heteroatoms. The van der Waals surface area contributed by atoms with E-state index in [0.717, 1.165) is 44.5 Å². The summed E-state index contributed by atoms with van der Waals surface area (Å²) in [6, 6.07) is -0.0726. The Bertz CT molecular complexity index is 553. The van der Waals surface area contributed by atoms with Gasteiger partial charge in [0.15, 0.2) is 0 Å². The molecule has 1 spiro atoms. The molecule has 0 radical (unpaired) electrons. The molecule has 2 aliphatic heterocycles. The lowest BCUT2D eigenvalue weighted by atomic mass is 9.77. The molecule has 1 amide bonds. The molecule has 0 unspecified atom stereocenters. The minimum Gasteiger partial charge on any atom is -0.383 e. The van der Waals surface area contributed by atoms with Crippen molar-refractivity contribution in [3.05, 3.63) is 18.0 Å². The Morgan fingerprint density at radius 2 is 2.29 bits per heavy atom. The van der Waals surface area contributed by atoms with Crippen LogP contribution in [0.1, 0.15) is 24.8 Å². The van der Waals surface area contributed by atoms with Crippen molar-refractivity contribution in [1.82, 2.24) is 25.3 Å². The minimum absolute atomic E-state index is 0.0726. The number of nitrogens with one attached hydrogen (secondary N) is 2. The van der Waals surface area contributed by atoms with Crippen LogP contribution in [0.25, 0.3) is 0 Å². The number of amides is 1. The normalized spacial score (nSPS) is 22.8. The molecule has 0 aliphatic carbocycles. The highest BCUT2D eigenvalue weighted by Crippen LogP contribution is 2.37. The van der Waals surface area contributed by atoms with Crippen molar-refractivity contribution in [2.24, 2.45) is 12.5 Å². The Balaban J connectivity index is 1.64. The second-order valence-corrected chi connectivity index (χ2v) is 7.16. The van der Waals surface area contributed by atoms with E-state index in [1.165, 1.54) is 0 Å². The molecule has 2 fully saturated rings. The number of carbonyl (C=O) groups excluding carboxylic acids is 1. The monoisotopic (exact) mass is 335 g/mol. The van der Waals surface area contributed by atoms with Crippen LogP contribution in [-0.2, 0) is 23.1 Å². The topological polar surface area (TPSA) is 71.4 Å². The third-order valence-corrected chi connectivity index (χ3v) is 5.33. The van der Waals surface area contributed by atoms with Crippen molar-refractivity contribution in [2.45, 2.75) is 31.8 Å². The molecule has 2 aliphatic rings. The fourth-order valence-corrected chi connectivity index (χ4v) is 3.89. The molecular weight excluding hydrogens is 306 g/mol. The van der Waals surface area contributed by atoms with Gasteiger partial charge in [0.25, 0.3) is 0 Å². The largest absolute Gasteiger partial charge is 0.383 e. The van der Waals surface area contributed by atoms with Crippen molar-refractivity contribution in [3.63, 3.8) is 0 Å². The van der Waals surface area contributed by atoms with E-state index in [1.54, 1.807) is 11.8 Å². The first-order valence-electron chi connectivity index (χ1n) is 8.81. The summed E-state index contributed by atoms with van der Waals surface area (Å²) < 4.78 is 6.96. The number of hydrogen-bond donors (Lipinski definition) is 2. The number of ether oxygens (including phenoxy) is 1. The van der Waals surface area contributed by atoms with Crippen LogP contribution in [0, 0.1) is 5.41 Å². The molecule has 3 heterocycles. The molecule has 24 heavy (non-hydrogen) atoms. The van der Waals surface area contributed by atoms with Crippen LogP contribution in [0.2, 0.25) is 0 Å². The SMILES string of the molecule is COCCN(Cc1cnn(C)c1)C(=O)[C@H]1CC2(CCNCC2)CN1. The zero-order chi connectivity index (χ0) is 17.0. The second-order valence-electron chi connectivity index (χ2n) is 7.16. The van der Waals surface area contributed by atoms with Gasteiger partial charge in [-0.3, -0.25) is 9.48 Å². The first-order chi connectivity index (χ1) is 11.6. The maximum atomic E-state index is 13.1. The van der Waals surface area contributed by atoms with E-state index in [1.807, 2.05) is 24.3 Å². The van der Waals surface area contributed by atoms with E-state index in [-0.39, 0.29) is 11.9 Å². The van der Waals surface area contributed by atoms with E-state index < -0.39 is 0 Å². The Hall–Kier alpha value is -1.44. The van der Waals surface area contributed by atoms with E-state index in [2.05, 4.69) is 15.7 Å². The summed E-state index contributed by atoms with van der Waals surface area (Å²) in [7, 11) is 3.56. The maximum absolute atomic E-state index is 13.1. The predicted octanol–water partition coefficient (Wildman–Crippen LogP) is 0.127. The molecule has 0 saturated carbocycles. The second kappa shape index (κ2) is 7.63. The van der Waals surface area contributed by atoms with Gasteiger partial charge in [0.1, 0.15) is 0 Å². The number of carbonyl (C=O) groups is 1. The van der Waals surface area contributed by atoms with Crippen molar-refractivity contribution < 1.29 is 9.53 Å². The van der Waals surface area contributed by atoms with Gasteiger partial charge in [0, 0.05) is 45.6 Å². The van der Waals surface area contributed by atoms with Crippen molar-refractivity contribution in [1.29, 1.82) is 0 Å². The third kappa shape index (κ3) is 3.96. The molecule has 3 rings (SSSR count). The summed E-state index contributed by atoms with van der Waals surface area (Å²) in [5.41, 5.74) is 1.35. The Labute approximate surface area is 143 Å². The third-order valence-electron chi connectivity index (χ3n) is 5.33. The Morgan fingerprint density at radius 1 is 1.50 bits per heavy atom. The molecule has 2 N–H and O–H groups in total. The van der Waals surface area contributed by atoms with Gasteiger partial charge in [0.05, 0.1) is 18.8 Å². The predicted molar refractivity (Wildman–Crippen MR) is 91.4 cm³/mol. The number of rotatable bonds is 6. The highest BCUT2D eigenvalue weighted by atomic mass is 16.5. The summed E-state index contributed by atoms with van der Waals surface area (Å²) in [6.07, 6.45) is 7.05. The highest BCUT2D eigenvalue weighted by Gasteiger charge is 2.43. The lowest BCUT2D eigenvalue weighted by molar-refractivity contribution is -0.134. The van der Waals surface area contributed by atoms with Crippen molar-refractivity contribution >= 4 is 5.91 Å². The number of methoxy groups -OCH3 is 1. The van der Waals surface area contributed by atoms with Gasteiger partial charge < -0.3 is 20.3 Å². The molecule has 1 atom stereocenters. The van der Waals surface area contributed by atoms with E-state index in [4.69, 9.17) is 4.74 Å². The Kier molecular flexibility index (Phi) is 5.53. The van der Waals surface area contributed by atoms with Crippen LogP contribution < -0.4 is 10.6 Å². The zero-order valence-electron chi connectivity index (χ0n) is 14.8. The Morgan fingerprint density at radius 3 is 2.96 bits per heavy atom. The van der Waals surface area contributed by atoms with Crippen molar-refractivity contribution in [3.8, 4) is 0 Å². The van der Waals surface area contributed by atoms with Gasteiger partial charge in [-0.1, -0.05) is 0 Å². The standard InChI is InChI=1S/C17H29N5O2/c1-21-11-14(10-20-21)12-22(7-8-24-2)16(23)15-9-17(13-19-15)3-5-18-6-4-17/h10-11,15,18-19H,3-9,12-13H2,1-2H3/t15-/m1/s1. The van der Waals surface area contributed by atoms with Gasteiger partial charge >= 0.3 is 0 Å². The molecular formula is C17H29N5O2. The summed E-state index contributed by atoms with van der Waals surface area (Å²) in [5, 5.41) is 11.1. The van der Waals surface area contributed by atoms with Crippen LogP contribution in [0.15, 0.2) is 12.4 Å². The van der Waals surface area contributed by atoms with Crippen LogP contribution >= 0.6 is 0 Å². The lowest BCUT2D eigenvalue weighted by Crippen LogP contribution is -2.44. The highest BCUT2D eigenvalue weighted by molar-refractivity contribution is 5.82. The van der Waals surface area contributed by atoms with Gasteiger partial charge in [0.2, 0.25) is 5.91 Å². The number of nitrogens with zero attached hydrogens (tertiary/aromatic N) is 3. The average Bonchev–Trinajstić information content (AvgIpc) is 3.18. The lowest BCUT2D eigenvalue weighted by Gasteiger charge is -2.33. The van der Waals surface area contributed by atoms with Gasteiger partial charge in [-0.25, -0.2) is 0 Å². The summed E-state index contributed by atoms with van der Waals surface area (Å²) in [4.78, 5) is 15.0. The fourth-order valence-electron chi connectivity index (χ4n) is 3.89. The van der Waals surface area contributed by atoms with E-state index >= 15 is 0 Å². The summed E-state index contributed by atoms with van der Waals surface area (Å²) in [6.45, 7) is 4.82. The van der Waals surface area contributed by atoms with Gasteiger partial charge in [-0.15, -0.1) is 0 Å². The van der Waals surface area contributed by atoms with Crippen molar-refractivity contribution in [2.75, 3.05) is 39.9 Å². The minimum atomic E-state index is -0.0726. The van der Waals surface area contributed by atoms with Gasteiger partial charge in [-0.05, 0) is 37.8 Å². The van der Waals surface area contributed by atoms with Gasteiger partial charge in [-0.2, -0.15) is 5.10 Å². The van der Waals surface area contributed by atoms with E-state index in [0.29, 0.717) is 25.1 Å². The van der Waals surface area contributed by atoms with E-state index in [9.17, 15) is 4.79 Å². The summed E-state index contributed by atoms with van der Waals surface area (Å²) >= 11 is 0. The number of piperidine rings is 1. The molecule has 1 aromatic rings. The number of aromatic nitrogens is 2. The first-order valence-corrected chi connectivity index (χ1v) is 8.81. The summed E-state index contributed by atoms with van der Waals surface area (Å²) in [5.74, 6) is 0.186. The zero-order valence-corrected chi connectivity index (χ0v) is 14.8. The fraction of sp³-hybridized carbons (Fsp3) is 0.765. The first kappa shape index (κ1) is 17.4. The quantitative estimate of drug-likeness (QED) is 0.773. The molecule has 1 aromatic heterocycles. The molecule has 2 saturated heterocycles. The van der Waals surface area contributed by atoms with Crippen LogP contribution in [0.3, 0.4) is 0 Å². The van der Waals surface area contributed by atoms with Crippen LogP contribution in [0.5, 0.6) is 0 Å². The average molecular weight is 335 g/mol. The molecule has 0 bridgehead atoms. The molecule has 0 aromatic carbocycles. The molecule has 7 nitrogen and oxygen atoms in total. The number of hydrogen-bond acceptors (Lipinski definition) is 5. The maximum Gasteiger partial charge on any atom is 0.240 e. The molecule has 134 valence electrons.